The lowest BCUT2D eigenvalue weighted by molar-refractivity contribution is -0.0644. The van der Waals surface area contributed by atoms with Gasteiger partial charge in [-0.05, 0) is 55.5 Å². The SMILES string of the molecule is COc1cc(CN2[C@H]3CC[C@H]2CC(O)(Cn2ccc4ccncc42)C3)cc(OC)c1OC. The third kappa shape index (κ3) is 3.69. The molecule has 0 amide bonds. The Morgan fingerprint density at radius 1 is 1.03 bits per heavy atom. The molecule has 2 aliphatic rings. The lowest BCUT2D eigenvalue weighted by atomic mass is 9.85. The quantitative estimate of drug-likeness (QED) is 0.609. The van der Waals surface area contributed by atoms with Gasteiger partial charge in [-0.2, -0.15) is 0 Å². The first-order chi connectivity index (χ1) is 15.5. The van der Waals surface area contributed by atoms with E-state index < -0.39 is 5.60 Å². The maximum atomic E-state index is 11.6. The van der Waals surface area contributed by atoms with Crippen molar-refractivity contribution in [3.8, 4) is 17.2 Å². The summed E-state index contributed by atoms with van der Waals surface area (Å²) in [5.74, 6) is 1.97. The van der Waals surface area contributed by atoms with Gasteiger partial charge >= 0.3 is 0 Å². The highest BCUT2D eigenvalue weighted by Gasteiger charge is 2.47. The van der Waals surface area contributed by atoms with Gasteiger partial charge in [-0.25, -0.2) is 0 Å². The largest absolute Gasteiger partial charge is 0.493 e. The zero-order chi connectivity index (χ0) is 22.3. The van der Waals surface area contributed by atoms with Gasteiger partial charge in [-0.3, -0.25) is 9.88 Å². The second-order valence-electron chi connectivity index (χ2n) is 9.10. The van der Waals surface area contributed by atoms with Crippen LogP contribution in [0, 0.1) is 0 Å². The Morgan fingerprint density at radius 2 is 1.72 bits per heavy atom. The van der Waals surface area contributed by atoms with Crippen molar-refractivity contribution in [3.05, 3.63) is 48.4 Å². The highest BCUT2D eigenvalue weighted by Crippen LogP contribution is 2.44. The van der Waals surface area contributed by atoms with Crippen molar-refractivity contribution >= 4 is 10.9 Å². The molecule has 7 heteroatoms. The summed E-state index contributed by atoms with van der Waals surface area (Å²) in [5.41, 5.74) is 1.50. The topological polar surface area (TPSA) is 69.0 Å². The van der Waals surface area contributed by atoms with Crippen LogP contribution in [0.5, 0.6) is 17.2 Å². The van der Waals surface area contributed by atoms with Gasteiger partial charge in [0, 0.05) is 36.4 Å². The number of pyridine rings is 1. The molecule has 170 valence electrons. The zero-order valence-electron chi connectivity index (χ0n) is 19.0. The molecule has 2 aliphatic heterocycles. The summed E-state index contributed by atoms with van der Waals surface area (Å²) in [6.07, 6.45) is 9.53. The van der Waals surface area contributed by atoms with E-state index >= 15 is 0 Å². The van der Waals surface area contributed by atoms with Crippen LogP contribution in [0.15, 0.2) is 42.9 Å². The molecule has 1 aromatic carbocycles. The first kappa shape index (κ1) is 21.1. The van der Waals surface area contributed by atoms with Crippen LogP contribution in [0.4, 0.5) is 0 Å². The summed E-state index contributed by atoms with van der Waals surface area (Å²) < 4.78 is 18.7. The van der Waals surface area contributed by atoms with Crippen LogP contribution in [0.1, 0.15) is 31.2 Å². The Kier molecular flexibility index (Phi) is 5.47. The van der Waals surface area contributed by atoms with E-state index in [0.29, 0.717) is 35.9 Å². The van der Waals surface area contributed by atoms with E-state index in [1.54, 1.807) is 21.3 Å². The Balaban J connectivity index is 1.34. The average molecular weight is 438 g/mol. The molecule has 2 saturated heterocycles. The summed E-state index contributed by atoms with van der Waals surface area (Å²) in [7, 11) is 4.91. The third-order valence-corrected chi connectivity index (χ3v) is 7.13. The van der Waals surface area contributed by atoms with E-state index in [1.807, 2.05) is 30.6 Å². The smallest absolute Gasteiger partial charge is 0.203 e. The monoisotopic (exact) mass is 437 g/mol. The molecule has 0 unspecified atom stereocenters. The highest BCUT2D eigenvalue weighted by molar-refractivity contribution is 5.78. The van der Waals surface area contributed by atoms with Crippen LogP contribution in [0.25, 0.3) is 10.9 Å². The van der Waals surface area contributed by atoms with Crippen LogP contribution in [0.2, 0.25) is 0 Å². The number of hydrogen-bond acceptors (Lipinski definition) is 6. The van der Waals surface area contributed by atoms with Crippen molar-refractivity contribution in [2.75, 3.05) is 21.3 Å². The summed E-state index contributed by atoms with van der Waals surface area (Å²) >= 11 is 0. The highest BCUT2D eigenvalue weighted by atomic mass is 16.5. The molecule has 1 N–H and O–H groups in total. The van der Waals surface area contributed by atoms with Crippen molar-refractivity contribution in [3.63, 3.8) is 0 Å². The van der Waals surface area contributed by atoms with E-state index in [-0.39, 0.29) is 0 Å². The van der Waals surface area contributed by atoms with E-state index in [9.17, 15) is 5.11 Å². The number of piperidine rings is 1. The molecule has 5 rings (SSSR count). The Labute approximate surface area is 188 Å². The Hall–Kier alpha value is -2.77. The van der Waals surface area contributed by atoms with Crippen LogP contribution in [-0.4, -0.2) is 58.6 Å². The van der Waals surface area contributed by atoms with E-state index in [2.05, 4.69) is 26.7 Å². The molecule has 2 atom stereocenters. The van der Waals surface area contributed by atoms with Crippen molar-refractivity contribution in [1.82, 2.24) is 14.5 Å². The number of aliphatic hydroxyl groups is 1. The molecule has 2 fully saturated rings. The van der Waals surface area contributed by atoms with Crippen LogP contribution in [-0.2, 0) is 13.1 Å². The molecule has 2 aromatic heterocycles. The first-order valence-electron chi connectivity index (χ1n) is 11.2. The minimum atomic E-state index is -0.709. The molecule has 2 bridgehead atoms. The Bertz CT molecular complexity index is 1070. The average Bonchev–Trinajstić information content (AvgIpc) is 3.31. The van der Waals surface area contributed by atoms with Gasteiger partial charge in [0.2, 0.25) is 5.75 Å². The fourth-order valence-corrected chi connectivity index (χ4v) is 5.72. The number of methoxy groups -OCH3 is 3. The summed E-state index contributed by atoms with van der Waals surface area (Å²) in [4.78, 5) is 6.81. The van der Waals surface area contributed by atoms with Crippen LogP contribution < -0.4 is 14.2 Å². The second kappa shape index (κ2) is 8.30. The summed E-state index contributed by atoms with van der Waals surface area (Å²) in [6.45, 7) is 1.41. The van der Waals surface area contributed by atoms with Crippen molar-refractivity contribution in [1.29, 1.82) is 0 Å². The lowest BCUT2D eigenvalue weighted by Crippen LogP contribution is -2.52. The first-order valence-corrected chi connectivity index (χ1v) is 11.2. The molecule has 7 nitrogen and oxygen atoms in total. The molecular formula is C25H31N3O4. The van der Waals surface area contributed by atoms with Gasteiger partial charge in [0.1, 0.15) is 0 Å². The van der Waals surface area contributed by atoms with Crippen molar-refractivity contribution < 1.29 is 19.3 Å². The maximum absolute atomic E-state index is 11.6. The van der Waals surface area contributed by atoms with Crippen LogP contribution in [0.3, 0.4) is 0 Å². The fraction of sp³-hybridized carbons (Fsp3) is 0.480. The number of ether oxygens (including phenoxy) is 3. The van der Waals surface area contributed by atoms with Gasteiger partial charge in [0.15, 0.2) is 11.5 Å². The maximum Gasteiger partial charge on any atom is 0.203 e. The number of aromatic nitrogens is 2. The zero-order valence-corrected chi connectivity index (χ0v) is 19.0. The van der Waals surface area contributed by atoms with Gasteiger partial charge in [-0.15, -0.1) is 0 Å². The number of nitrogens with zero attached hydrogens (tertiary/aromatic N) is 3. The molecule has 32 heavy (non-hydrogen) atoms. The molecule has 0 aliphatic carbocycles. The van der Waals surface area contributed by atoms with Crippen molar-refractivity contribution in [2.24, 2.45) is 0 Å². The predicted octanol–water partition coefficient (Wildman–Crippen LogP) is 3.62. The molecule has 3 aromatic rings. The summed E-state index contributed by atoms with van der Waals surface area (Å²) in [5, 5.41) is 12.7. The van der Waals surface area contributed by atoms with Gasteiger partial charge in [0.25, 0.3) is 0 Å². The number of rotatable bonds is 7. The number of benzene rings is 1. The number of fused-ring (bicyclic) bond motifs is 3. The van der Waals surface area contributed by atoms with E-state index in [1.165, 1.54) is 0 Å². The minimum absolute atomic E-state index is 0.359. The van der Waals surface area contributed by atoms with E-state index in [4.69, 9.17) is 14.2 Å². The standard InChI is InChI=1S/C25H31N3O4/c1-30-22-10-17(11-23(31-2)24(22)32-3)15-28-19-4-5-20(28)13-25(29,12-19)16-27-9-7-18-6-8-26-14-21(18)27/h6-11,14,19-20,29H,4-5,12-13,15-16H2,1-3H3/t19-,20-/m0/s1. The van der Waals surface area contributed by atoms with Gasteiger partial charge < -0.3 is 23.9 Å². The molecule has 0 radical (unpaired) electrons. The van der Waals surface area contributed by atoms with Crippen LogP contribution >= 0.6 is 0 Å². The molecular weight excluding hydrogens is 406 g/mol. The second-order valence-corrected chi connectivity index (χ2v) is 9.10. The lowest BCUT2D eigenvalue weighted by Gasteiger charge is -2.44. The molecule has 4 heterocycles. The van der Waals surface area contributed by atoms with Crippen molar-refractivity contribution in [2.45, 2.75) is 56.5 Å². The van der Waals surface area contributed by atoms with Gasteiger partial charge in [-0.1, -0.05) is 0 Å². The molecule has 0 spiro atoms. The number of hydrogen-bond donors (Lipinski definition) is 1. The predicted molar refractivity (Wildman–Crippen MR) is 122 cm³/mol. The Morgan fingerprint density at radius 3 is 2.34 bits per heavy atom. The summed E-state index contributed by atoms with van der Waals surface area (Å²) in [6, 6.07) is 8.88. The normalized spacial score (nSPS) is 25.2. The fourth-order valence-electron chi connectivity index (χ4n) is 5.72. The molecule has 0 saturated carbocycles. The van der Waals surface area contributed by atoms with E-state index in [0.717, 1.165) is 48.7 Å². The third-order valence-electron chi connectivity index (χ3n) is 7.13. The van der Waals surface area contributed by atoms with Gasteiger partial charge in [0.05, 0.1) is 45.2 Å². The minimum Gasteiger partial charge on any atom is -0.493 e.